The van der Waals surface area contributed by atoms with Crippen molar-refractivity contribution in [1.82, 2.24) is 0 Å². The van der Waals surface area contributed by atoms with Crippen molar-refractivity contribution in [2.75, 3.05) is 0 Å². The summed E-state index contributed by atoms with van der Waals surface area (Å²) in [5, 5.41) is 18.5. The van der Waals surface area contributed by atoms with Crippen molar-refractivity contribution in [3.05, 3.63) is 30.3 Å². The predicted molar refractivity (Wildman–Crippen MR) is 54.8 cm³/mol. The summed E-state index contributed by atoms with van der Waals surface area (Å²) in [6.45, 7) is 2.80. The lowest BCUT2D eigenvalue weighted by atomic mass is 10.0. The van der Waals surface area contributed by atoms with Gasteiger partial charge in [-0.05, 0) is 26.0 Å². The first kappa shape index (κ1) is 11.5. The second kappa shape index (κ2) is 4.31. The summed E-state index contributed by atoms with van der Waals surface area (Å²) < 4.78 is 5.19. The van der Waals surface area contributed by atoms with Gasteiger partial charge in [0.25, 0.3) is 0 Å². The highest BCUT2D eigenvalue weighted by atomic mass is 16.5. The topological polar surface area (TPSA) is 66.8 Å². The molecule has 0 fully saturated rings. The Balaban J connectivity index is 2.82. The van der Waals surface area contributed by atoms with Crippen molar-refractivity contribution >= 4 is 5.97 Å². The van der Waals surface area contributed by atoms with Crippen molar-refractivity contribution in [3.63, 3.8) is 0 Å². The van der Waals surface area contributed by atoms with Gasteiger partial charge in [-0.25, -0.2) is 4.79 Å². The van der Waals surface area contributed by atoms with Crippen LogP contribution in [-0.2, 0) is 4.79 Å². The van der Waals surface area contributed by atoms with Gasteiger partial charge < -0.3 is 14.9 Å². The predicted octanol–water partition coefficient (Wildman–Crippen LogP) is 1.29. The average Bonchev–Trinajstić information content (AvgIpc) is 2.13. The Kier molecular flexibility index (Phi) is 3.31. The van der Waals surface area contributed by atoms with E-state index in [0.717, 1.165) is 0 Å². The lowest BCUT2D eigenvalue weighted by molar-refractivity contribution is -0.156. The van der Waals surface area contributed by atoms with Gasteiger partial charge >= 0.3 is 5.97 Å². The standard InChI is InChI=1S/C11H14O4/c1-11(2,14)9(10(12)13)15-8-6-4-3-5-7-8/h3-7,9,14H,1-2H3,(H,12,13). The van der Waals surface area contributed by atoms with Gasteiger partial charge in [-0.1, -0.05) is 18.2 Å². The van der Waals surface area contributed by atoms with Gasteiger partial charge in [0.05, 0.1) is 0 Å². The zero-order valence-corrected chi connectivity index (χ0v) is 8.68. The van der Waals surface area contributed by atoms with E-state index in [2.05, 4.69) is 0 Å². The Bertz CT molecular complexity index is 326. The van der Waals surface area contributed by atoms with Crippen LogP contribution >= 0.6 is 0 Å². The summed E-state index contributed by atoms with van der Waals surface area (Å²) in [5.74, 6) is -0.765. The number of hydrogen-bond acceptors (Lipinski definition) is 3. The highest BCUT2D eigenvalue weighted by Gasteiger charge is 2.35. The lowest BCUT2D eigenvalue weighted by Gasteiger charge is -2.26. The minimum atomic E-state index is -1.43. The Morgan fingerprint density at radius 3 is 2.27 bits per heavy atom. The SMILES string of the molecule is CC(C)(O)C(Oc1ccccc1)C(=O)O. The number of carbonyl (C=O) groups is 1. The third-order valence-electron chi connectivity index (χ3n) is 1.86. The maximum Gasteiger partial charge on any atom is 0.347 e. The van der Waals surface area contributed by atoms with Crippen molar-refractivity contribution < 1.29 is 19.7 Å². The van der Waals surface area contributed by atoms with Crippen molar-refractivity contribution in [1.29, 1.82) is 0 Å². The number of aliphatic carboxylic acids is 1. The Morgan fingerprint density at radius 2 is 1.87 bits per heavy atom. The van der Waals surface area contributed by atoms with Gasteiger partial charge in [0.15, 0.2) is 0 Å². The highest BCUT2D eigenvalue weighted by molar-refractivity contribution is 5.74. The second-order valence-electron chi connectivity index (χ2n) is 3.80. The summed E-state index contributed by atoms with van der Waals surface area (Å²) in [7, 11) is 0. The molecule has 4 heteroatoms. The molecule has 0 saturated carbocycles. The lowest BCUT2D eigenvalue weighted by Crippen LogP contribution is -2.46. The van der Waals surface area contributed by atoms with Crippen molar-refractivity contribution in [2.24, 2.45) is 0 Å². The summed E-state index contributed by atoms with van der Waals surface area (Å²) in [5.41, 5.74) is -1.43. The molecule has 1 unspecified atom stereocenters. The molecule has 0 amide bonds. The van der Waals surface area contributed by atoms with E-state index < -0.39 is 17.7 Å². The molecule has 0 heterocycles. The van der Waals surface area contributed by atoms with Gasteiger partial charge in [0.1, 0.15) is 11.4 Å². The van der Waals surface area contributed by atoms with Gasteiger partial charge in [-0.2, -0.15) is 0 Å². The first-order chi connectivity index (χ1) is 6.91. The van der Waals surface area contributed by atoms with E-state index in [4.69, 9.17) is 9.84 Å². The summed E-state index contributed by atoms with van der Waals surface area (Å²) in [4.78, 5) is 10.9. The Hall–Kier alpha value is -1.55. The molecular formula is C11H14O4. The first-order valence-corrected chi connectivity index (χ1v) is 4.58. The molecule has 1 atom stereocenters. The Labute approximate surface area is 88.1 Å². The monoisotopic (exact) mass is 210 g/mol. The summed E-state index contributed by atoms with van der Waals surface area (Å²) in [6.07, 6.45) is -1.28. The van der Waals surface area contributed by atoms with Crippen LogP contribution in [0.5, 0.6) is 5.75 Å². The Morgan fingerprint density at radius 1 is 1.33 bits per heavy atom. The van der Waals surface area contributed by atoms with E-state index in [-0.39, 0.29) is 0 Å². The molecule has 1 aromatic rings. The molecule has 4 nitrogen and oxygen atoms in total. The quantitative estimate of drug-likeness (QED) is 0.785. The van der Waals surface area contributed by atoms with E-state index in [9.17, 15) is 9.90 Å². The summed E-state index contributed by atoms with van der Waals surface area (Å²) in [6, 6.07) is 8.55. The van der Waals surface area contributed by atoms with E-state index in [1.807, 2.05) is 0 Å². The number of hydrogen-bond donors (Lipinski definition) is 2. The molecule has 0 bridgehead atoms. The van der Waals surface area contributed by atoms with E-state index in [0.29, 0.717) is 5.75 Å². The number of benzene rings is 1. The van der Waals surface area contributed by atoms with Crippen LogP contribution in [0.1, 0.15) is 13.8 Å². The fourth-order valence-corrected chi connectivity index (χ4v) is 1.13. The number of carboxylic acid groups (broad SMARTS) is 1. The fraction of sp³-hybridized carbons (Fsp3) is 0.364. The number of aliphatic hydroxyl groups is 1. The smallest absolute Gasteiger partial charge is 0.347 e. The zero-order chi connectivity index (χ0) is 11.5. The maximum absolute atomic E-state index is 10.9. The molecule has 0 radical (unpaired) electrons. The molecule has 1 rings (SSSR count). The number of rotatable bonds is 4. The highest BCUT2D eigenvalue weighted by Crippen LogP contribution is 2.18. The normalized spacial score (nSPS) is 13.3. The van der Waals surface area contributed by atoms with Gasteiger partial charge in [0, 0.05) is 0 Å². The van der Waals surface area contributed by atoms with E-state index in [1.54, 1.807) is 30.3 Å². The van der Waals surface area contributed by atoms with Crippen LogP contribution in [0.3, 0.4) is 0 Å². The molecule has 0 spiro atoms. The van der Waals surface area contributed by atoms with Crippen LogP contribution in [0.15, 0.2) is 30.3 Å². The molecule has 0 aliphatic heterocycles. The van der Waals surface area contributed by atoms with Gasteiger partial charge in [-0.3, -0.25) is 0 Å². The maximum atomic E-state index is 10.9. The molecule has 0 aliphatic carbocycles. The first-order valence-electron chi connectivity index (χ1n) is 4.58. The largest absolute Gasteiger partial charge is 0.478 e. The molecule has 0 aliphatic rings. The molecule has 0 saturated heterocycles. The number of carboxylic acids is 1. The zero-order valence-electron chi connectivity index (χ0n) is 8.68. The van der Waals surface area contributed by atoms with Crippen LogP contribution in [0.2, 0.25) is 0 Å². The summed E-state index contributed by atoms with van der Waals surface area (Å²) >= 11 is 0. The second-order valence-corrected chi connectivity index (χ2v) is 3.80. The van der Waals surface area contributed by atoms with Crippen LogP contribution in [-0.4, -0.2) is 27.9 Å². The third kappa shape index (κ3) is 3.25. The van der Waals surface area contributed by atoms with Crippen LogP contribution in [0.4, 0.5) is 0 Å². The van der Waals surface area contributed by atoms with Crippen LogP contribution in [0.25, 0.3) is 0 Å². The molecule has 1 aromatic carbocycles. The third-order valence-corrected chi connectivity index (χ3v) is 1.86. The van der Waals surface area contributed by atoms with Crippen LogP contribution < -0.4 is 4.74 Å². The fourth-order valence-electron chi connectivity index (χ4n) is 1.13. The average molecular weight is 210 g/mol. The van der Waals surface area contributed by atoms with Gasteiger partial charge in [-0.15, -0.1) is 0 Å². The molecule has 15 heavy (non-hydrogen) atoms. The van der Waals surface area contributed by atoms with E-state index >= 15 is 0 Å². The van der Waals surface area contributed by atoms with E-state index in [1.165, 1.54) is 13.8 Å². The van der Waals surface area contributed by atoms with Crippen molar-refractivity contribution in [2.45, 2.75) is 25.6 Å². The minimum absolute atomic E-state index is 0.423. The molecular weight excluding hydrogens is 196 g/mol. The number of para-hydroxylation sites is 1. The molecule has 0 aromatic heterocycles. The van der Waals surface area contributed by atoms with Crippen LogP contribution in [0, 0.1) is 0 Å². The van der Waals surface area contributed by atoms with Gasteiger partial charge in [0.2, 0.25) is 6.10 Å². The van der Waals surface area contributed by atoms with Crippen molar-refractivity contribution in [3.8, 4) is 5.75 Å². The molecule has 2 N–H and O–H groups in total. The minimum Gasteiger partial charge on any atom is -0.478 e. The molecule has 82 valence electrons. The number of ether oxygens (including phenoxy) is 1.